The number of methoxy groups -OCH3 is 1. The number of hydrogen-bond acceptors (Lipinski definition) is 7. The van der Waals surface area contributed by atoms with Gasteiger partial charge in [0.1, 0.15) is 12.8 Å². The Bertz CT molecular complexity index is 997. The van der Waals surface area contributed by atoms with Crippen LogP contribution in [0.25, 0.3) is 11.1 Å². The van der Waals surface area contributed by atoms with E-state index in [1.165, 1.54) is 19.1 Å². The van der Waals surface area contributed by atoms with Gasteiger partial charge in [-0.2, -0.15) is 5.26 Å². The topological polar surface area (TPSA) is 108 Å². The number of amides is 1. The van der Waals surface area contributed by atoms with Gasteiger partial charge < -0.3 is 19.6 Å². The molecule has 3 rings (SSSR count). The van der Waals surface area contributed by atoms with Gasteiger partial charge in [0.05, 0.1) is 43.6 Å². The predicted molar refractivity (Wildman–Crippen MR) is 107 cm³/mol. The highest BCUT2D eigenvalue weighted by molar-refractivity contribution is 5.99. The normalized spacial score (nSPS) is 17.3. The van der Waals surface area contributed by atoms with Gasteiger partial charge in [-0.15, -0.1) is 0 Å². The van der Waals surface area contributed by atoms with E-state index >= 15 is 0 Å². The van der Waals surface area contributed by atoms with Crippen LogP contribution in [0, 0.1) is 18.3 Å². The molecule has 0 radical (unpaired) electrons. The maximum atomic E-state index is 13.0. The summed E-state index contributed by atoms with van der Waals surface area (Å²) in [5, 5.41) is 22.8. The summed E-state index contributed by atoms with van der Waals surface area (Å²) in [6.45, 7) is 1.95. The molecule has 1 aliphatic rings. The molecule has 1 aliphatic heterocycles. The summed E-state index contributed by atoms with van der Waals surface area (Å²) in [6.07, 6.45) is 0.450. The van der Waals surface area contributed by atoms with Gasteiger partial charge in [0.25, 0.3) is 5.91 Å². The van der Waals surface area contributed by atoms with Crippen LogP contribution >= 0.6 is 0 Å². The van der Waals surface area contributed by atoms with E-state index in [9.17, 15) is 15.2 Å². The van der Waals surface area contributed by atoms with Crippen LogP contribution in [-0.2, 0) is 4.84 Å². The van der Waals surface area contributed by atoms with Crippen LogP contribution in [0.5, 0.6) is 5.88 Å². The van der Waals surface area contributed by atoms with Crippen molar-refractivity contribution in [2.75, 3.05) is 27.4 Å². The first kappa shape index (κ1) is 20.3. The van der Waals surface area contributed by atoms with E-state index < -0.39 is 0 Å². The van der Waals surface area contributed by atoms with Gasteiger partial charge in [-0.25, -0.2) is 4.98 Å². The van der Waals surface area contributed by atoms with E-state index in [1.54, 1.807) is 24.3 Å². The number of aromatic nitrogens is 1. The number of benzene rings is 1. The van der Waals surface area contributed by atoms with E-state index in [1.807, 2.05) is 13.0 Å². The van der Waals surface area contributed by atoms with Gasteiger partial charge in [-0.1, -0.05) is 17.3 Å². The first-order valence-electron chi connectivity index (χ1n) is 9.09. The van der Waals surface area contributed by atoms with E-state index in [-0.39, 0.29) is 30.8 Å². The molecule has 1 aromatic heterocycles. The lowest BCUT2D eigenvalue weighted by molar-refractivity contribution is 0.0673. The number of likely N-dealkylation sites (tertiary alicyclic amines) is 1. The van der Waals surface area contributed by atoms with Crippen molar-refractivity contribution in [3.05, 3.63) is 47.2 Å². The first-order valence-corrected chi connectivity index (χ1v) is 9.09. The quantitative estimate of drug-likeness (QED) is 0.779. The number of aliphatic hydroxyl groups is 1. The van der Waals surface area contributed by atoms with E-state index in [0.29, 0.717) is 29.1 Å². The van der Waals surface area contributed by atoms with Crippen molar-refractivity contribution in [1.82, 2.24) is 9.88 Å². The van der Waals surface area contributed by atoms with Crippen molar-refractivity contribution in [3.63, 3.8) is 0 Å². The summed E-state index contributed by atoms with van der Waals surface area (Å²) in [5.74, 6) is -0.0303. The molecule has 0 saturated carbocycles. The Labute approximate surface area is 169 Å². The van der Waals surface area contributed by atoms with Gasteiger partial charge in [0, 0.05) is 12.0 Å². The molecular weight excluding hydrogens is 372 g/mol. The number of pyridine rings is 1. The van der Waals surface area contributed by atoms with Crippen molar-refractivity contribution < 1.29 is 19.5 Å². The summed E-state index contributed by atoms with van der Waals surface area (Å²) in [6, 6.07) is 10.6. The zero-order valence-electron chi connectivity index (χ0n) is 16.5. The highest BCUT2D eigenvalue weighted by Crippen LogP contribution is 2.32. The lowest BCUT2D eigenvalue weighted by Gasteiger charge is -2.22. The summed E-state index contributed by atoms with van der Waals surface area (Å²) in [4.78, 5) is 23.7. The molecule has 8 nitrogen and oxygen atoms in total. The van der Waals surface area contributed by atoms with E-state index in [0.717, 1.165) is 11.1 Å². The number of hydrogen-bond donors (Lipinski definition) is 1. The molecule has 0 aliphatic carbocycles. The zero-order valence-corrected chi connectivity index (χ0v) is 16.5. The number of nitriles is 1. The molecule has 29 heavy (non-hydrogen) atoms. The molecule has 1 N–H and O–H groups in total. The third-order valence-corrected chi connectivity index (χ3v) is 4.97. The summed E-state index contributed by atoms with van der Waals surface area (Å²) < 4.78 is 5.44. The molecule has 0 unspecified atom stereocenters. The monoisotopic (exact) mass is 394 g/mol. The van der Waals surface area contributed by atoms with Crippen molar-refractivity contribution in [3.8, 4) is 23.1 Å². The molecule has 2 heterocycles. The minimum absolute atomic E-state index is 0.177. The number of oxime groups is 1. The Morgan fingerprint density at radius 1 is 1.34 bits per heavy atom. The summed E-state index contributed by atoms with van der Waals surface area (Å²) >= 11 is 0. The second kappa shape index (κ2) is 8.71. The molecule has 2 aromatic rings. The SMILES string of the molecule is CO/N=C1/C[C@@H](CO)N(C(=O)c2ccc(-c3cccc(C#N)c3C)c(OC)n2)C1. The Morgan fingerprint density at radius 3 is 2.79 bits per heavy atom. The highest BCUT2D eigenvalue weighted by Gasteiger charge is 2.34. The molecular formula is C21H22N4O4. The molecule has 1 saturated heterocycles. The molecule has 1 aromatic carbocycles. The molecule has 0 spiro atoms. The summed E-state index contributed by atoms with van der Waals surface area (Å²) in [5.41, 5.74) is 3.79. The molecule has 1 atom stereocenters. The number of carbonyl (C=O) groups excluding carboxylic acids is 1. The van der Waals surface area contributed by atoms with Crippen LogP contribution in [0.15, 0.2) is 35.5 Å². The number of aliphatic hydroxyl groups excluding tert-OH is 1. The third-order valence-electron chi connectivity index (χ3n) is 4.97. The second-order valence-electron chi connectivity index (χ2n) is 6.66. The van der Waals surface area contributed by atoms with E-state index in [4.69, 9.17) is 9.57 Å². The van der Waals surface area contributed by atoms with E-state index in [2.05, 4.69) is 16.2 Å². The maximum Gasteiger partial charge on any atom is 0.273 e. The van der Waals surface area contributed by atoms with Crippen LogP contribution in [0.2, 0.25) is 0 Å². The molecule has 150 valence electrons. The number of rotatable bonds is 5. The van der Waals surface area contributed by atoms with Gasteiger partial charge in [0.2, 0.25) is 5.88 Å². The standard InChI is InChI=1S/C21H22N4O4/c1-13-14(10-22)5-4-6-17(13)18-7-8-19(23-20(18)28-2)21(27)25-11-15(24-29-3)9-16(25)12-26/h4-8,16,26H,9,11-12H2,1-3H3/b24-15-/t16-/m0/s1. The van der Waals surface area contributed by atoms with Gasteiger partial charge in [-0.3, -0.25) is 4.79 Å². The van der Waals surface area contributed by atoms with Crippen LogP contribution in [0.3, 0.4) is 0 Å². The van der Waals surface area contributed by atoms with Gasteiger partial charge in [-0.05, 0) is 36.2 Å². The molecule has 1 amide bonds. The molecule has 1 fully saturated rings. The van der Waals surface area contributed by atoms with Crippen molar-refractivity contribution in [2.45, 2.75) is 19.4 Å². The largest absolute Gasteiger partial charge is 0.481 e. The number of ether oxygens (including phenoxy) is 1. The average molecular weight is 394 g/mol. The second-order valence-corrected chi connectivity index (χ2v) is 6.66. The Morgan fingerprint density at radius 2 is 2.14 bits per heavy atom. The Kier molecular flexibility index (Phi) is 6.10. The fraction of sp³-hybridized carbons (Fsp3) is 0.333. The lowest BCUT2D eigenvalue weighted by Crippen LogP contribution is -2.38. The molecule has 0 bridgehead atoms. The Balaban J connectivity index is 1.96. The van der Waals surface area contributed by atoms with Gasteiger partial charge in [0.15, 0.2) is 0 Å². The maximum absolute atomic E-state index is 13.0. The van der Waals surface area contributed by atoms with Crippen LogP contribution in [0.4, 0.5) is 0 Å². The first-order chi connectivity index (χ1) is 14.0. The lowest BCUT2D eigenvalue weighted by atomic mass is 9.97. The van der Waals surface area contributed by atoms with Crippen molar-refractivity contribution in [2.24, 2.45) is 5.16 Å². The highest BCUT2D eigenvalue weighted by atomic mass is 16.6. The van der Waals surface area contributed by atoms with Crippen LogP contribution in [0.1, 0.15) is 28.0 Å². The van der Waals surface area contributed by atoms with Gasteiger partial charge >= 0.3 is 0 Å². The van der Waals surface area contributed by atoms with Crippen LogP contribution in [-0.4, -0.2) is 60.0 Å². The molecule has 8 heteroatoms. The predicted octanol–water partition coefficient (Wildman–Crippen LogP) is 2.15. The van der Waals surface area contributed by atoms with Crippen molar-refractivity contribution in [1.29, 1.82) is 5.26 Å². The third kappa shape index (κ3) is 3.91. The fourth-order valence-corrected chi connectivity index (χ4v) is 3.48. The smallest absolute Gasteiger partial charge is 0.273 e. The summed E-state index contributed by atoms with van der Waals surface area (Å²) in [7, 11) is 2.93. The Hall–Kier alpha value is -3.44. The number of nitrogens with zero attached hydrogens (tertiary/aromatic N) is 4. The minimum Gasteiger partial charge on any atom is -0.481 e. The van der Waals surface area contributed by atoms with Crippen LogP contribution < -0.4 is 4.74 Å². The average Bonchev–Trinajstić information content (AvgIpc) is 3.16. The number of carbonyl (C=O) groups is 1. The van der Waals surface area contributed by atoms with Crippen molar-refractivity contribution >= 4 is 11.6 Å². The minimum atomic E-state index is -0.376. The zero-order chi connectivity index (χ0) is 21.0. The fourth-order valence-electron chi connectivity index (χ4n) is 3.48.